The van der Waals surface area contributed by atoms with Crippen LogP contribution in [-0.4, -0.2) is 44.7 Å². The van der Waals surface area contributed by atoms with Crippen molar-refractivity contribution in [3.8, 4) is 0 Å². The highest BCUT2D eigenvalue weighted by atomic mass is 16.7. The molecule has 5 nitrogen and oxygen atoms in total. The first-order chi connectivity index (χ1) is 8.84. The van der Waals surface area contributed by atoms with Gasteiger partial charge in [0, 0.05) is 20.8 Å². The molecule has 0 rings (SSSR count). The Morgan fingerprint density at radius 1 is 1.21 bits per heavy atom. The summed E-state index contributed by atoms with van der Waals surface area (Å²) in [5.41, 5.74) is -0.467. The van der Waals surface area contributed by atoms with Gasteiger partial charge in [-0.1, -0.05) is 19.8 Å². The molecular formula is C14H29NO4. The fourth-order valence-corrected chi connectivity index (χ4v) is 1.59. The number of unbranched alkanes of at least 4 members (excludes halogenated alkanes) is 1. The molecule has 0 aromatic carbocycles. The first-order valence-electron chi connectivity index (χ1n) is 6.85. The topological polar surface area (TPSA) is 56.8 Å². The second-order valence-corrected chi connectivity index (χ2v) is 5.54. The van der Waals surface area contributed by atoms with E-state index in [9.17, 15) is 4.79 Å². The fraction of sp³-hybridized carbons (Fsp3) is 0.929. The maximum Gasteiger partial charge on any atom is 0.323 e. The van der Waals surface area contributed by atoms with E-state index in [-0.39, 0.29) is 18.3 Å². The predicted molar refractivity (Wildman–Crippen MR) is 75.0 cm³/mol. The molecular weight excluding hydrogens is 246 g/mol. The molecule has 1 atom stereocenters. The van der Waals surface area contributed by atoms with Gasteiger partial charge in [-0.15, -0.1) is 0 Å². The molecule has 0 saturated carbocycles. The number of rotatable bonds is 9. The number of esters is 1. The van der Waals surface area contributed by atoms with Crippen LogP contribution in [0.4, 0.5) is 0 Å². The van der Waals surface area contributed by atoms with Crippen molar-refractivity contribution in [1.82, 2.24) is 5.32 Å². The minimum Gasteiger partial charge on any atom is -0.459 e. The lowest BCUT2D eigenvalue weighted by Crippen LogP contribution is -2.44. The second kappa shape index (κ2) is 9.28. The van der Waals surface area contributed by atoms with Crippen molar-refractivity contribution in [3.05, 3.63) is 0 Å². The van der Waals surface area contributed by atoms with Crippen molar-refractivity contribution in [2.24, 2.45) is 0 Å². The molecule has 0 unspecified atom stereocenters. The van der Waals surface area contributed by atoms with Gasteiger partial charge in [0.2, 0.25) is 0 Å². The summed E-state index contributed by atoms with van der Waals surface area (Å²) in [7, 11) is 3.15. The molecule has 1 N–H and O–H groups in total. The molecule has 0 aromatic rings. The second-order valence-electron chi connectivity index (χ2n) is 5.54. The summed E-state index contributed by atoms with van der Waals surface area (Å²) >= 11 is 0. The monoisotopic (exact) mass is 275 g/mol. The highest BCUT2D eigenvalue weighted by molar-refractivity contribution is 5.76. The van der Waals surface area contributed by atoms with Gasteiger partial charge in [-0.3, -0.25) is 10.1 Å². The summed E-state index contributed by atoms with van der Waals surface area (Å²) in [4.78, 5) is 12.1. The first kappa shape index (κ1) is 18.4. The number of carbonyl (C=O) groups is 1. The van der Waals surface area contributed by atoms with Gasteiger partial charge in [0.15, 0.2) is 6.29 Å². The zero-order valence-electron chi connectivity index (χ0n) is 13.1. The molecule has 0 heterocycles. The summed E-state index contributed by atoms with van der Waals surface area (Å²) in [6.07, 6.45) is 2.41. The normalized spacial score (nSPS) is 13.6. The largest absolute Gasteiger partial charge is 0.459 e. The van der Waals surface area contributed by atoms with Gasteiger partial charge in [-0.25, -0.2) is 0 Å². The van der Waals surface area contributed by atoms with E-state index in [1.165, 1.54) is 0 Å². The van der Waals surface area contributed by atoms with Crippen LogP contribution in [0.5, 0.6) is 0 Å². The minimum atomic E-state index is -0.467. The summed E-state index contributed by atoms with van der Waals surface area (Å²) < 4.78 is 15.6. The Hall–Kier alpha value is -0.650. The Kier molecular flexibility index (Phi) is 8.97. The number of nitrogens with one attached hydrogen (secondary N) is 1. The van der Waals surface area contributed by atoms with Gasteiger partial charge < -0.3 is 14.2 Å². The van der Waals surface area contributed by atoms with E-state index < -0.39 is 5.60 Å². The molecule has 114 valence electrons. The van der Waals surface area contributed by atoms with Gasteiger partial charge in [0.1, 0.15) is 11.6 Å². The number of carbonyl (C=O) groups excluding carboxylic acids is 1. The van der Waals surface area contributed by atoms with Crippen LogP contribution in [0, 0.1) is 0 Å². The average molecular weight is 275 g/mol. The standard InChI is InChI=1S/C14H29NO4/c1-7-8-9-11(13(16)19-14(2,3)4)15-10-12(17-5)18-6/h11-12,15H,7-10H2,1-6H3/t11-/m0/s1. The van der Waals surface area contributed by atoms with Crippen LogP contribution in [0.1, 0.15) is 47.0 Å². The first-order valence-corrected chi connectivity index (χ1v) is 6.85. The third-order valence-corrected chi connectivity index (χ3v) is 2.59. The molecule has 0 aliphatic rings. The molecule has 5 heteroatoms. The summed E-state index contributed by atoms with van der Waals surface area (Å²) in [5, 5.41) is 3.15. The van der Waals surface area contributed by atoms with E-state index >= 15 is 0 Å². The molecule has 0 fully saturated rings. The quantitative estimate of drug-likeness (QED) is 0.516. The van der Waals surface area contributed by atoms with Crippen LogP contribution in [0.15, 0.2) is 0 Å². The molecule has 0 aliphatic carbocycles. The van der Waals surface area contributed by atoms with Crippen LogP contribution in [0.3, 0.4) is 0 Å². The average Bonchev–Trinajstić information content (AvgIpc) is 2.31. The number of hydrogen-bond donors (Lipinski definition) is 1. The molecule has 0 aromatic heterocycles. The van der Waals surface area contributed by atoms with Crippen LogP contribution in [-0.2, 0) is 19.0 Å². The van der Waals surface area contributed by atoms with E-state index in [2.05, 4.69) is 12.2 Å². The van der Waals surface area contributed by atoms with Crippen LogP contribution >= 0.6 is 0 Å². The molecule has 0 saturated heterocycles. The lowest BCUT2D eigenvalue weighted by atomic mass is 10.1. The van der Waals surface area contributed by atoms with Gasteiger partial charge in [-0.2, -0.15) is 0 Å². The fourth-order valence-electron chi connectivity index (χ4n) is 1.59. The SMILES string of the molecule is CCCC[C@H](NCC(OC)OC)C(=O)OC(C)(C)C. The molecule has 0 spiro atoms. The van der Waals surface area contributed by atoms with E-state index in [1.807, 2.05) is 20.8 Å². The number of methoxy groups -OCH3 is 2. The summed E-state index contributed by atoms with van der Waals surface area (Å²) in [6, 6.07) is -0.313. The van der Waals surface area contributed by atoms with E-state index in [0.717, 1.165) is 19.3 Å². The molecule has 0 radical (unpaired) electrons. The van der Waals surface area contributed by atoms with Crippen LogP contribution in [0.2, 0.25) is 0 Å². The Morgan fingerprint density at radius 2 is 1.79 bits per heavy atom. The Labute approximate surface area is 117 Å². The number of hydrogen-bond acceptors (Lipinski definition) is 5. The summed E-state index contributed by atoms with van der Waals surface area (Å²) in [5.74, 6) is -0.216. The van der Waals surface area contributed by atoms with Crippen molar-refractivity contribution >= 4 is 5.97 Å². The van der Waals surface area contributed by atoms with Crippen molar-refractivity contribution in [3.63, 3.8) is 0 Å². The van der Waals surface area contributed by atoms with Crippen LogP contribution < -0.4 is 5.32 Å². The predicted octanol–water partition coefficient (Wildman–Crippen LogP) is 2.10. The van der Waals surface area contributed by atoms with Crippen LogP contribution in [0.25, 0.3) is 0 Å². The zero-order chi connectivity index (χ0) is 14.9. The zero-order valence-corrected chi connectivity index (χ0v) is 13.1. The lowest BCUT2D eigenvalue weighted by Gasteiger charge is -2.25. The van der Waals surface area contributed by atoms with E-state index in [0.29, 0.717) is 6.54 Å². The van der Waals surface area contributed by atoms with E-state index in [4.69, 9.17) is 14.2 Å². The van der Waals surface area contributed by atoms with E-state index in [1.54, 1.807) is 14.2 Å². The van der Waals surface area contributed by atoms with Crippen molar-refractivity contribution in [1.29, 1.82) is 0 Å². The maximum atomic E-state index is 12.1. The molecule has 19 heavy (non-hydrogen) atoms. The minimum absolute atomic E-state index is 0.216. The van der Waals surface area contributed by atoms with Crippen molar-refractivity contribution in [2.75, 3.05) is 20.8 Å². The molecule has 0 aliphatic heterocycles. The van der Waals surface area contributed by atoms with Gasteiger partial charge >= 0.3 is 5.97 Å². The molecule has 0 amide bonds. The third-order valence-electron chi connectivity index (χ3n) is 2.59. The molecule has 0 bridgehead atoms. The third kappa shape index (κ3) is 8.97. The lowest BCUT2D eigenvalue weighted by molar-refractivity contribution is -0.158. The van der Waals surface area contributed by atoms with Crippen molar-refractivity contribution < 1.29 is 19.0 Å². The highest BCUT2D eigenvalue weighted by Crippen LogP contribution is 2.11. The Balaban J connectivity index is 4.40. The Morgan fingerprint density at radius 3 is 2.21 bits per heavy atom. The van der Waals surface area contributed by atoms with Crippen molar-refractivity contribution in [2.45, 2.75) is 64.9 Å². The number of ether oxygens (including phenoxy) is 3. The highest BCUT2D eigenvalue weighted by Gasteiger charge is 2.25. The summed E-state index contributed by atoms with van der Waals surface area (Å²) in [6.45, 7) is 8.17. The van der Waals surface area contributed by atoms with Gasteiger partial charge in [-0.05, 0) is 27.2 Å². The van der Waals surface area contributed by atoms with Gasteiger partial charge in [0.25, 0.3) is 0 Å². The maximum absolute atomic E-state index is 12.1. The Bertz CT molecular complexity index is 246. The smallest absolute Gasteiger partial charge is 0.323 e. The van der Waals surface area contributed by atoms with Gasteiger partial charge in [0.05, 0.1) is 0 Å².